The molecule has 2 rings (SSSR count). The van der Waals surface area contributed by atoms with Crippen molar-refractivity contribution in [3.05, 3.63) is 41.7 Å². The minimum Gasteiger partial charge on any atom is -0.494 e. The van der Waals surface area contributed by atoms with Crippen LogP contribution in [0, 0.1) is 0 Å². The van der Waals surface area contributed by atoms with Crippen molar-refractivity contribution in [3.63, 3.8) is 0 Å². The summed E-state index contributed by atoms with van der Waals surface area (Å²) in [5, 5.41) is 8.05. The van der Waals surface area contributed by atoms with Gasteiger partial charge in [-0.3, -0.25) is 0 Å². The zero-order valence-electron chi connectivity index (χ0n) is 13.4. The monoisotopic (exact) mass is 287 g/mol. The third-order valence-electron chi connectivity index (χ3n) is 3.49. The van der Waals surface area contributed by atoms with Gasteiger partial charge in [0.1, 0.15) is 11.4 Å². The molecule has 0 atom stereocenters. The van der Waals surface area contributed by atoms with E-state index < -0.39 is 0 Å². The molecule has 21 heavy (non-hydrogen) atoms. The molecule has 1 heterocycles. The number of rotatable bonds is 7. The number of nitrogens with zero attached hydrogens (tertiary/aromatic N) is 2. The molecule has 0 aliphatic rings. The molecule has 0 saturated heterocycles. The van der Waals surface area contributed by atoms with Crippen molar-refractivity contribution in [2.45, 2.75) is 39.7 Å². The van der Waals surface area contributed by atoms with Gasteiger partial charge < -0.3 is 10.1 Å². The number of benzene rings is 1. The molecule has 0 amide bonds. The van der Waals surface area contributed by atoms with E-state index in [9.17, 15) is 0 Å². The van der Waals surface area contributed by atoms with Gasteiger partial charge in [-0.1, -0.05) is 32.9 Å². The van der Waals surface area contributed by atoms with Gasteiger partial charge in [0.05, 0.1) is 19.0 Å². The summed E-state index contributed by atoms with van der Waals surface area (Å²) < 4.78 is 7.47. The Morgan fingerprint density at radius 1 is 1.29 bits per heavy atom. The van der Waals surface area contributed by atoms with E-state index >= 15 is 0 Å². The summed E-state index contributed by atoms with van der Waals surface area (Å²) in [5.41, 5.74) is 3.48. The topological polar surface area (TPSA) is 39.1 Å². The number of ether oxygens (including phenoxy) is 1. The first-order valence-electron chi connectivity index (χ1n) is 7.59. The van der Waals surface area contributed by atoms with Crippen LogP contribution in [-0.2, 0) is 6.54 Å². The maximum absolute atomic E-state index is 5.47. The normalized spacial score (nSPS) is 11.1. The smallest absolute Gasteiger partial charge is 0.144 e. The molecule has 1 aromatic carbocycles. The lowest BCUT2D eigenvalue weighted by atomic mass is 10.1. The van der Waals surface area contributed by atoms with E-state index in [2.05, 4.69) is 31.2 Å². The lowest BCUT2D eigenvalue weighted by Crippen LogP contribution is -2.15. The minimum atomic E-state index is 0.399. The second-order valence-electron chi connectivity index (χ2n) is 5.47. The summed E-state index contributed by atoms with van der Waals surface area (Å²) in [5.74, 6) is 1.24. The van der Waals surface area contributed by atoms with Crippen LogP contribution < -0.4 is 10.1 Å². The first kappa shape index (κ1) is 15.6. The largest absolute Gasteiger partial charge is 0.494 e. The Morgan fingerprint density at radius 2 is 2.05 bits per heavy atom. The van der Waals surface area contributed by atoms with E-state index in [1.165, 1.54) is 11.3 Å². The first-order chi connectivity index (χ1) is 10.2. The van der Waals surface area contributed by atoms with Crippen molar-refractivity contribution in [2.75, 3.05) is 13.7 Å². The minimum absolute atomic E-state index is 0.399. The van der Waals surface area contributed by atoms with Gasteiger partial charge in [-0.25, -0.2) is 4.68 Å². The van der Waals surface area contributed by atoms with E-state index in [1.54, 1.807) is 7.11 Å². The van der Waals surface area contributed by atoms with E-state index in [0.717, 1.165) is 30.9 Å². The van der Waals surface area contributed by atoms with Crippen molar-refractivity contribution in [3.8, 4) is 11.4 Å². The fourth-order valence-corrected chi connectivity index (χ4v) is 2.54. The number of nitrogens with one attached hydrogen (secondary N) is 1. The second-order valence-corrected chi connectivity index (χ2v) is 5.47. The van der Waals surface area contributed by atoms with Crippen molar-refractivity contribution >= 4 is 0 Å². The molecule has 0 radical (unpaired) electrons. The van der Waals surface area contributed by atoms with Crippen LogP contribution in [0.5, 0.6) is 5.75 Å². The van der Waals surface area contributed by atoms with Gasteiger partial charge in [0, 0.05) is 12.1 Å². The number of hydrogen-bond acceptors (Lipinski definition) is 3. The fourth-order valence-electron chi connectivity index (χ4n) is 2.54. The standard InChI is InChI=1S/C17H25N3O/c1-5-10-18-11-14-12-19-20(17(14)13(2)3)15-8-6-7-9-16(15)21-4/h6-9,12-13,18H,5,10-11H2,1-4H3. The van der Waals surface area contributed by atoms with Crippen molar-refractivity contribution in [1.29, 1.82) is 0 Å². The molecule has 0 fully saturated rings. The molecule has 1 aromatic heterocycles. The quantitative estimate of drug-likeness (QED) is 0.792. The van der Waals surface area contributed by atoms with Gasteiger partial charge in [0.15, 0.2) is 0 Å². The maximum Gasteiger partial charge on any atom is 0.144 e. The summed E-state index contributed by atoms with van der Waals surface area (Å²) in [7, 11) is 1.70. The highest BCUT2D eigenvalue weighted by atomic mass is 16.5. The van der Waals surface area contributed by atoms with Crippen molar-refractivity contribution < 1.29 is 4.74 Å². The first-order valence-corrected chi connectivity index (χ1v) is 7.59. The van der Waals surface area contributed by atoms with Crippen LogP contribution in [0.1, 0.15) is 44.4 Å². The third-order valence-corrected chi connectivity index (χ3v) is 3.49. The Morgan fingerprint density at radius 3 is 2.71 bits per heavy atom. The molecule has 114 valence electrons. The highest BCUT2D eigenvalue weighted by Crippen LogP contribution is 2.28. The number of hydrogen-bond donors (Lipinski definition) is 1. The van der Waals surface area contributed by atoms with Crippen LogP contribution in [0.4, 0.5) is 0 Å². The zero-order chi connectivity index (χ0) is 15.2. The van der Waals surface area contributed by atoms with Gasteiger partial charge in [-0.05, 0) is 31.0 Å². The van der Waals surface area contributed by atoms with Crippen LogP contribution in [0.15, 0.2) is 30.5 Å². The highest BCUT2D eigenvalue weighted by Gasteiger charge is 2.17. The van der Waals surface area contributed by atoms with Crippen LogP contribution in [0.25, 0.3) is 5.69 Å². The molecular weight excluding hydrogens is 262 g/mol. The predicted molar refractivity (Wildman–Crippen MR) is 86.2 cm³/mol. The van der Waals surface area contributed by atoms with Gasteiger partial charge in [-0.2, -0.15) is 5.10 Å². The van der Waals surface area contributed by atoms with Gasteiger partial charge >= 0.3 is 0 Å². The van der Waals surface area contributed by atoms with Crippen molar-refractivity contribution in [2.24, 2.45) is 0 Å². The Kier molecular flexibility index (Phi) is 5.39. The molecule has 0 spiro atoms. The van der Waals surface area contributed by atoms with E-state index in [1.807, 2.05) is 35.1 Å². The summed E-state index contributed by atoms with van der Waals surface area (Å²) in [6, 6.07) is 8.00. The molecule has 0 bridgehead atoms. The van der Waals surface area contributed by atoms with E-state index in [-0.39, 0.29) is 0 Å². The summed E-state index contributed by atoms with van der Waals surface area (Å²) in [6.07, 6.45) is 3.10. The lowest BCUT2D eigenvalue weighted by molar-refractivity contribution is 0.411. The molecule has 0 saturated carbocycles. The molecule has 0 aliphatic heterocycles. The number of para-hydroxylation sites is 2. The average molecular weight is 287 g/mol. The SMILES string of the molecule is CCCNCc1cnn(-c2ccccc2OC)c1C(C)C. The fraction of sp³-hybridized carbons (Fsp3) is 0.471. The van der Waals surface area contributed by atoms with Crippen molar-refractivity contribution in [1.82, 2.24) is 15.1 Å². The molecule has 0 aliphatic carbocycles. The molecule has 2 aromatic rings. The Hall–Kier alpha value is -1.81. The zero-order valence-corrected chi connectivity index (χ0v) is 13.4. The summed E-state index contributed by atoms with van der Waals surface area (Å²) >= 11 is 0. The highest BCUT2D eigenvalue weighted by molar-refractivity contribution is 5.48. The second kappa shape index (κ2) is 7.27. The molecule has 1 N–H and O–H groups in total. The lowest BCUT2D eigenvalue weighted by Gasteiger charge is -2.15. The predicted octanol–water partition coefficient (Wildman–Crippen LogP) is 3.50. The summed E-state index contributed by atoms with van der Waals surface area (Å²) in [6.45, 7) is 8.46. The van der Waals surface area contributed by atoms with E-state index in [4.69, 9.17) is 4.74 Å². The van der Waals surface area contributed by atoms with Crippen LogP contribution in [0.2, 0.25) is 0 Å². The Bertz CT molecular complexity index is 575. The third kappa shape index (κ3) is 3.45. The van der Waals surface area contributed by atoms with Gasteiger partial charge in [0.25, 0.3) is 0 Å². The average Bonchev–Trinajstić information content (AvgIpc) is 2.91. The van der Waals surface area contributed by atoms with Gasteiger partial charge in [0.2, 0.25) is 0 Å². The van der Waals surface area contributed by atoms with Crippen LogP contribution >= 0.6 is 0 Å². The Balaban J connectivity index is 2.39. The van der Waals surface area contributed by atoms with Gasteiger partial charge in [-0.15, -0.1) is 0 Å². The number of methoxy groups -OCH3 is 1. The van der Waals surface area contributed by atoms with Crippen LogP contribution in [0.3, 0.4) is 0 Å². The molecule has 4 heteroatoms. The maximum atomic E-state index is 5.47. The van der Waals surface area contributed by atoms with E-state index in [0.29, 0.717) is 5.92 Å². The van der Waals surface area contributed by atoms with Crippen LogP contribution in [-0.4, -0.2) is 23.4 Å². The number of aromatic nitrogens is 2. The molecule has 0 unspecified atom stereocenters. The Labute approximate surface area is 127 Å². The summed E-state index contributed by atoms with van der Waals surface area (Å²) in [4.78, 5) is 0. The molecular formula is C17H25N3O. The molecule has 4 nitrogen and oxygen atoms in total.